The molecule has 2 N–H and O–H groups in total. The van der Waals surface area contributed by atoms with Crippen molar-refractivity contribution in [1.29, 1.82) is 0 Å². The van der Waals surface area contributed by atoms with Crippen LogP contribution in [0.4, 0.5) is 11.4 Å². The van der Waals surface area contributed by atoms with Crippen LogP contribution in [-0.4, -0.2) is 57.0 Å². The van der Waals surface area contributed by atoms with Crippen LogP contribution in [0.3, 0.4) is 0 Å². The average Bonchev–Trinajstić information content (AvgIpc) is 2.98. The first kappa shape index (κ1) is 36.8. The van der Waals surface area contributed by atoms with Crippen LogP contribution in [0, 0.1) is 0 Å². The van der Waals surface area contributed by atoms with Crippen molar-refractivity contribution in [3.8, 4) is 0 Å². The predicted molar refractivity (Wildman–Crippen MR) is 171 cm³/mol. The van der Waals surface area contributed by atoms with Gasteiger partial charge in [0.05, 0.1) is 6.61 Å². The van der Waals surface area contributed by atoms with Gasteiger partial charge in [0.25, 0.3) is 10.9 Å². The van der Waals surface area contributed by atoms with E-state index in [1.165, 1.54) is 44.9 Å². The Bertz CT molecular complexity index is 866. The highest BCUT2D eigenvalue weighted by Gasteiger charge is 2.18. The summed E-state index contributed by atoms with van der Waals surface area (Å²) in [5.41, 5.74) is -0.0955. The SMILES string of the molecule is CCCCCCCCCCCOC(=O)CCCCCN(CCCCCCCC=O)CCCNc1c(NC)c(=O)c1=O. The normalized spacial score (nSPS) is 11.3. The number of unbranched alkanes of at least 4 members (excludes halogenated alkanes) is 15. The molecule has 236 valence electrons. The Balaban J connectivity index is 2.19. The molecule has 0 spiro atoms. The van der Waals surface area contributed by atoms with E-state index in [0.717, 1.165) is 96.5 Å². The molecule has 0 aliphatic rings. The van der Waals surface area contributed by atoms with E-state index < -0.39 is 10.9 Å². The Morgan fingerprint density at radius 1 is 0.707 bits per heavy atom. The summed E-state index contributed by atoms with van der Waals surface area (Å²) in [5, 5.41) is 5.91. The molecule has 0 amide bonds. The lowest BCUT2D eigenvalue weighted by molar-refractivity contribution is -0.143. The van der Waals surface area contributed by atoms with Gasteiger partial charge in [-0.2, -0.15) is 0 Å². The third-order valence-corrected chi connectivity index (χ3v) is 7.78. The number of rotatable bonds is 30. The largest absolute Gasteiger partial charge is 0.466 e. The monoisotopic (exact) mass is 577 g/mol. The van der Waals surface area contributed by atoms with Crippen LogP contribution in [0.2, 0.25) is 0 Å². The third-order valence-electron chi connectivity index (χ3n) is 7.78. The summed E-state index contributed by atoms with van der Waals surface area (Å²) < 4.78 is 5.43. The number of carbonyl (C=O) groups is 2. The first-order chi connectivity index (χ1) is 20.0. The summed E-state index contributed by atoms with van der Waals surface area (Å²) in [5.74, 6) is -0.0682. The molecular formula is C33H59N3O5. The molecule has 0 saturated heterocycles. The molecule has 0 bridgehead atoms. The van der Waals surface area contributed by atoms with E-state index in [1.54, 1.807) is 7.05 Å². The molecule has 0 radical (unpaired) electrons. The van der Waals surface area contributed by atoms with Gasteiger partial charge >= 0.3 is 5.97 Å². The fourth-order valence-electron chi connectivity index (χ4n) is 5.20. The second kappa shape index (κ2) is 25.5. The lowest BCUT2D eigenvalue weighted by Crippen LogP contribution is -2.37. The number of nitrogens with zero attached hydrogens (tertiary/aromatic N) is 1. The summed E-state index contributed by atoms with van der Waals surface area (Å²) in [6.07, 6.45) is 22.8. The highest BCUT2D eigenvalue weighted by Crippen LogP contribution is 2.14. The molecule has 1 aromatic rings. The zero-order valence-corrected chi connectivity index (χ0v) is 26.2. The number of anilines is 2. The van der Waals surface area contributed by atoms with Crippen molar-refractivity contribution in [2.75, 3.05) is 50.5 Å². The Kier molecular flexibility index (Phi) is 22.9. The highest BCUT2D eigenvalue weighted by atomic mass is 16.5. The molecule has 41 heavy (non-hydrogen) atoms. The fraction of sp³-hybridized carbons (Fsp3) is 0.818. The minimum absolute atomic E-state index is 0.0682. The minimum Gasteiger partial charge on any atom is -0.466 e. The minimum atomic E-state index is -0.447. The maximum absolute atomic E-state index is 12.1. The third kappa shape index (κ3) is 18.0. The molecule has 0 saturated carbocycles. The second-order valence-electron chi connectivity index (χ2n) is 11.4. The number of nitrogens with one attached hydrogen (secondary N) is 2. The van der Waals surface area contributed by atoms with E-state index >= 15 is 0 Å². The van der Waals surface area contributed by atoms with Crippen LogP contribution in [-0.2, 0) is 14.3 Å². The van der Waals surface area contributed by atoms with Gasteiger partial charge in [-0.25, -0.2) is 0 Å². The number of hydrogen-bond acceptors (Lipinski definition) is 8. The summed E-state index contributed by atoms with van der Waals surface area (Å²) in [7, 11) is 1.65. The molecule has 0 aliphatic carbocycles. The van der Waals surface area contributed by atoms with Crippen molar-refractivity contribution in [2.45, 2.75) is 135 Å². The topological polar surface area (TPSA) is 105 Å². The van der Waals surface area contributed by atoms with E-state index in [0.29, 0.717) is 37.4 Å². The molecule has 0 fully saturated rings. The van der Waals surface area contributed by atoms with Crippen molar-refractivity contribution in [3.05, 3.63) is 20.4 Å². The quantitative estimate of drug-likeness (QED) is 0.0456. The second-order valence-corrected chi connectivity index (χ2v) is 11.4. The van der Waals surface area contributed by atoms with E-state index in [2.05, 4.69) is 22.5 Å². The van der Waals surface area contributed by atoms with Crippen LogP contribution in [0.25, 0.3) is 0 Å². The molecule has 0 atom stereocenters. The first-order valence-corrected chi connectivity index (χ1v) is 16.6. The number of hydrogen-bond donors (Lipinski definition) is 2. The summed E-state index contributed by atoms with van der Waals surface area (Å²) in [4.78, 5) is 48.3. The van der Waals surface area contributed by atoms with Crippen LogP contribution in [0.15, 0.2) is 9.59 Å². The van der Waals surface area contributed by atoms with Crippen molar-refractivity contribution in [3.63, 3.8) is 0 Å². The standard InChI is InChI=1S/C33H59N3O5/c1-3-4-5-6-7-8-11-14-20-28-41-29(38)22-16-15-18-25-36(24-17-12-9-10-13-19-27-37)26-21-23-35-31-30(34-2)32(39)33(31)40/h27,34-35H,3-26,28H2,1-2H3. The molecule has 1 aromatic carbocycles. The fourth-order valence-corrected chi connectivity index (χ4v) is 5.20. The highest BCUT2D eigenvalue weighted by molar-refractivity contribution is 5.73. The van der Waals surface area contributed by atoms with E-state index in [1.807, 2.05) is 0 Å². The van der Waals surface area contributed by atoms with Gasteiger partial charge in [0.15, 0.2) is 0 Å². The van der Waals surface area contributed by atoms with Crippen LogP contribution in [0.5, 0.6) is 0 Å². The van der Waals surface area contributed by atoms with Crippen molar-refractivity contribution in [1.82, 2.24) is 4.90 Å². The molecule has 1 rings (SSSR count). The molecular weight excluding hydrogens is 518 g/mol. The Morgan fingerprint density at radius 3 is 1.88 bits per heavy atom. The zero-order chi connectivity index (χ0) is 30.0. The average molecular weight is 578 g/mol. The maximum Gasteiger partial charge on any atom is 0.305 e. The van der Waals surface area contributed by atoms with Crippen LogP contribution < -0.4 is 21.5 Å². The summed E-state index contributed by atoms with van der Waals surface area (Å²) in [6.45, 7) is 6.37. The number of ether oxygens (including phenoxy) is 1. The van der Waals surface area contributed by atoms with Crippen LogP contribution >= 0.6 is 0 Å². The van der Waals surface area contributed by atoms with Crippen molar-refractivity contribution in [2.24, 2.45) is 0 Å². The van der Waals surface area contributed by atoms with Gasteiger partial charge in [-0.05, 0) is 58.2 Å². The molecule has 0 unspecified atom stereocenters. The van der Waals surface area contributed by atoms with E-state index in [9.17, 15) is 19.2 Å². The van der Waals surface area contributed by atoms with Gasteiger partial charge in [-0.15, -0.1) is 0 Å². The summed E-state index contributed by atoms with van der Waals surface area (Å²) >= 11 is 0. The molecule has 0 aromatic heterocycles. The molecule has 8 heteroatoms. The van der Waals surface area contributed by atoms with Crippen molar-refractivity contribution >= 4 is 23.6 Å². The predicted octanol–water partition coefficient (Wildman–Crippen LogP) is 6.60. The maximum atomic E-state index is 12.1. The molecule has 8 nitrogen and oxygen atoms in total. The molecule has 0 heterocycles. The Hall–Kier alpha value is -2.22. The van der Waals surface area contributed by atoms with E-state index in [4.69, 9.17) is 4.74 Å². The Labute approximate surface area is 249 Å². The Morgan fingerprint density at radius 2 is 1.24 bits per heavy atom. The first-order valence-electron chi connectivity index (χ1n) is 16.6. The van der Waals surface area contributed by atoms with Crippen molar-refractivity contribution < 1.29 is 14.3 Å². The van der Waals surface area contributed by atoms with Gasteiger partial charge in [0, 0.05) is 26.4 Å². The zero-order valence-electron chi connectivity index (χ0n) is 26.2. The van der Waals surface area contributed by atoms with Gasteiger partial charge < -0.3 is 25.1 Å². The van der Waals surface area contributed by atoms with Gasteiger partial charge in [-0.1, -0.05) is 84.0 Å². The van der Waals surface area contributed by atoms with Crippen LogP contribution in [0.1, 0.15) is 135 Å². The van der Waals surface area contributed by atoms with Gasteiger partial charge in [0.2, 0.25) is 0 Å². The lowest BCUT2D eigenvalue weighted by atomic mass is 10.1. The smallest absolute Gasteiger partial charge is 0.305 e. The molecule has 0 aliphatic heterocycles. The number of aldehydes is 1. The summed E-state index contributed by atoms with van der Waals surface area (Å²) in [6, 6.07) is 0. The van der Waals surface area contributed by atoms with Gasteiger partial charge in [-0.3, -0.25) is 14.4 Å². The lowest BCUT2D eigenvalue weighted by Gasteiger charge is -2.23. The number of esters is 1. The number of carbonyl (C=O) groups excluding carboxylic acids is 2. The van der Waals surface area contributed by atoms with E-state index in [-0.39, 0.29) is 5.97 Å². The van der Waals surface area contributed by atoms with Gasteiger partial charge in [0.1, 0.15) is 17.7 Å².